The Hall–Kier alpha value is -1.69. The quantitative estimate of drug-likeness (QED) is 0.549. The fourth-order valence-electron chi connectivity index (χ4n) is 2.32. The van der Waals surface area contributed by atoms with Crippen LogP contribution < -0.4 is 0 Å². The van der Waals surface area contributed by atoms with Crippen molar-refractivity contribution in [3.63, 3.8) is 0 Å². The topological polar surface area (TPSA) is 60.8 Å². The number of halogens is 1. The van der Waals surface area contributed by atoms with E-state index in [-0.39, 0.29) is 12.4 Å². The van der Waals surface area contributed by atoms with E-state index >= 15 is 0 Å². The van der Waals surface area contributed by atoms with Crippen LogP contribution >= 0.6 is 23.4 Å². The zero-order valence-corrected chi connectivity index (χ0v) is 14.7. The average molecular weight is 366 g/mol. The smallest absolute Gasteiger partial charge is 0.407 e. The molecule has 24 heavy (non-hydrogen) atoms. The Morgan fingerprint density at radius 1 is 1.08 bits per heavy atom. The highest BCUT2D eigenvalue weighted by molar-refractivity contribution is 7.99. The lowest BCUT2D eigenvalue weighted by Gasteiger charge is -2.32. The summed E-state index contributed by atoms with van der Waals surface area (Å²) in [6.07, 6.45) is -2.00. The van der Waals surface area contributed by atoms with Crippen molar-refractivity contribution in [1.82, 2.24) is 4.90 Å². The van der Waals surface area contributed by atoms with Gasteiger partial charge in [0.15, 0.2) is 0 Å². The van der Waals surface area contributed by atoms with Gasteiger partial charge in [0.05, 0.1) is 18.0 Å². The molecule has 2 aromatic rings. The van der Waals surface area contributed by atoms with Crippen LogP contribution in [0, 0.1) is 0 Å². The second-order valence-electron chi connectivity index (χ2n) is 5.31. The molecule has 0 spiro atoms. The number of carboxylic acid groups (broad SMARTS) is 1. The summed E-state index contributed by atoms with van der Waals surface area (Å²) < 4.78 is 0. The number of hydrogen-bond donors (Lipinski definition) is 2. The zero-order valence-electron chi connectivity index (χ0n) is 13.1. The molecule has 0 fully saturated rings. The molecular weight excluding hydrogens is 346 g/mol. The second-order valence-corrected chi connectivity index (χ2v) is 6.71. The van der Waals surface area contributed by atoms with E-state index in [1.807, 2.05) is 60.7 Å². The molecular formula is C18H20ClNO3S. The summed E-state index contributed by atoms with van der Waals surface area (Å²) in [6.45, 7) is 0.212. The van der Waals surface area contributed by atoms with Gasteiger partial charge in [0.1, 0.15) is 0 Å². The van der Waals surface area contributed by atoms with Crippen LogP contribution in [0.5, 0.6) is 0 Å². The Morgan fingerprint density at radius 2 is 1.67 bits per heavy atom. The first-order valence-corrected chi connectivity index (χ1v) is 9.09. The number of rotatable bonds is 8. The highest BCUT2D eigenvalue weighted by atomic mass is 35.5. The number of nitrogens with zero attached hydrogens (tertiary/aromatic N) is 1. The Balaban J connectivity index is 2.14. The molecule has 0 aliphatic carbocycles. The lowest BCUT2D eigenvalue weighted by molar-refractivity contribution is 0.0651. The lowest BCUT2D eigenvalue weighted by atomic mass is 10.1. The van der Waals surface area contributed by atoms with Crippen molar-refractivity contribution in [2.45, 2.75) is 23.6 Å². The summed E-state index contributed by atoms with van der Waals surface area (Å²) in [5.74, 6) is 0.412. The van der Waals surface area contributed by atoms with E-state index in [2.05, 4.69) is 0 Å². The molecule has 2 atom stereocenters. The lowest BCUT2D eigenvalue weighted by Crippen LogP contribution is -2.48. The maximum atomic E-state index is 11.7. The molecule has 0 unspecified atom stereocenters. The van der Waals surface area contributed by atoms with Gasteiger partial charge in [0.2, 0.25) is 0 Å². The van der Waals surface area contributed by atoms with Gasteiger partial charge in [-0.2, -0.15) is 0 Å². The summed E-state index contributed by atoms with van der Waals surface area (Å²) in [6, 6.07) is 18.4. The van der Waals surface area contributed by atoms with Crippen molar-refractivity contribution < 1.29 is 15.0 Å². The van der Waals surface area contributed by atoms with Gasteiger partial charge in [-0.3, -0.25) is 4.90 Å². The molecule has 6 heteroatoms. The summed E-state index contributed by atoms with van der Waals surface area (Å²) in [4.78, 5) is 14.0. The minimum absolute atomic E-state index is 0.0153. The molecule has 0 saturated heterocycles. The van der Waals surface area contributed by atoms with Gasteiger partial charge in [0.25, 0.3) is 0 Å². The predicted octanol–water partition coefficient (Wildman–Crippen LogP) is 3.93. The number of aliphatic hydroxyl groups is 1. The van der Waals surface area contributed by atoms with Crippen LogP contribution in [0.4, 0.5) is 4.79 Å². The molecule has 0 heterocycles. The Morgan fingerprint density at radius 3 is 2.21 bits per heavy atom. The van der Waals surface area contributed by atoms with Crippen LogP contribution in [0.25, 0.3) is 0 Å². The fraction of sp³-hybridized carbons (Fsp3) is 0.278. The number of aliphatic hydroxyl groups excluding tert-OH is 1. The standard InChI is InChI=1S/C18H20ClNO3S/c19-11-17(21)16(13-24-15-9-5-2-6-10-15)20(18(22)23)12-14-7-3-1-4-8-14/h1-10,16-17,21H,11-13H2,(H,22,23)/t16-,17+/m0/s1. The largest absolute Gasteiger partial charge is 0.465 e. The summed E-state index contributed by atoms with van der Waals surface area (Å²) in [5, 5.41) is 19.9. The van der Waals surface area contributed by atoms with Gasteiger partial charge < -0.3 is 10.2 Å². The summed E-state index contributed by atoms with van der Waals surface area (Å²) in [5.41, 5.74) is 0.872. The molecule has 1 amide bonds. The SMILES string of the molecule is O=C(O)N(Cc1ccccc1)[C@@H](CSc1ccccc1)[C@H](O)CCl. The first-order valence-electron chi connectivity index (χ1n) is 7.57. The van der Waals surface area contributed by atoms with Gasteiger partial charge in [-0.1, -0.05) is 48.5 Å². The first kappa shape index (κ1) is 18.6. The third-order valence-electron chi connectivity index (χ3n) is 3.61. The van der Waals surface area contributed by atoms with E-state index in [1.165, 1.54) is 16.7 Å². The summed E-state index contributed by atoms with van der Waals surface area (Å²) in [7, 11) is 0. The molecule has 4 nitrogen and oxygen atoms in total. The second kappa shape index (κ2) is 9.57. The number of alkyl halides is 1. The van der Waals surface area contributed by atoms with Crippen LogP contribution in [0.2, 0.25) is 0 Å². The van der Waals surface area contributed by atoms with Gasteiger partial charge in [0, 0.05) is 17.2 Å². The van der Waals surface area contributed by atoms with Crippen molar-refractivity contribution in [3.8, 4) is 0 Å². The third-order valence-corrected chi connectivity index (χ3v) is 5.04. The van der Waals surface area contributed by atoms with Crippen LogP contribution in [0.3, 0.4) is 0 Å². The van der Waals surface area contributed by atoms with Crippen molar-refractivity contribution in [1.29, 1.82) is 0 Å². The van der Waals surface area contributed by atoms with Crippen LogP contribution in [0.1, 0.15) is 5.56 Å². The number of amides is 1. The molecule has 2 N–H and O–H groups in total. The molecule has 0 aliphatic rings. The van der Waals surface area contributed by atoms with Crippen molar-refractivity contribution >= 4 is 29.5 Å². The molecule has 0 aliphatic heterocycles. The monoisotopic (exact) mass is 365 g/mol. The minimum Gasteiger partial charge on any atom is -0.465 e. The maximum Gasteiger partial charge on any atom is 0.407 e. The highest BCUT2D eigenvalue weighted by Gasteiger charge is 2.29. The van der Waals surface area contributed by atoms with Crippen LogP contribution in [-0.4, -0.2) is 45.0 Å². The summed E-state index contributed by atoms with van der Waals surface area (Å²) >= 11 is 7.31. The van der Waals surface area contributed by atoms with E-state index < -0.39 is 18.2 Å². The normalized spacial score (nSPS) is 13.2. The maximum absolute atomic E-state index is 11.7. The molecule has 0 saturated carbocycles. The van der Waals surface area contributed by atoms with Crippen molar-refractivity contribution in [3.05, 3.63) is 66.2 Å². The number of benzene rings is 2. The Bertz CT molecular complexity index is 627. The molecule has 0 radical (unpaired) electrons. The van der Waals surface area contributed by atoms with Crippen LogP contribution in [0.15, 0.2) is 65.6 Å². The van der Waals surface area contributed by atoms with Crippen molar-refractivity contribution in [2.24, 2.45) is 0 Å². The molecule has 2 aromatic carbocycles. The zero-order chi connectivity index (χ0) is 17.4. The van der Waals surface area contributed by atoms with Gasteiger partial charge in [-0.05, 0) is 17.7 Å². The number of hydrogen-bond acceptors (Lipinski definition) is 3. The highest BCUT2D eigenvalue weighted by Crippen LogP contribution is 2.23. The van der Waals surface area contributed by atoms with E-state index in [0.717, 1.165) is 10.5 Å². The van der Waals surface area contributed by atoms with Gasteiger partial charge in [-0.25, -0.2) is 4.79 Å². The minimum atomic E-state index is -1.07. The molecule has 0 aromatic heterocycles. The molecule has 128 valence electrons. The predicted molar refractivity (Wildman–Crippen MR) is 97.7 cm³/mol. The van der Waals surface area contributed by atoms with E-state index in [4.69, 9.17) is 11.6 Å². The average Bonchev–Trinajstić information content (AvgIpc) is 2.62. The van der Waals surface area contributed by atoms with Gasteiger partial charge >= 0.3 is 6.09 Å². The van der Waals surface area contributed by atoms with Crippen LogP contribution in [-0.2, 0) is 6.54 Å². The number of thioether (sulfide) groups is 1. The van der Waals surface area contributed by atoms with Crippen molar-refractivity contribution in [2.75, 3.05) is 11.6 Å². The van der Waals surface area contributed by atoms with Gasteiger partial charge in [-0.15, -0.1) is 23.4 Å². The third kappa shape index (κ3) is 5.44. The van der Waals surface area contributed by atoms with E-state index in [1.54, 1.807) is 0 Å². The first-order chi connectivity index (χ1) is 11.6. The van der Waals surface area contributed by atoms with E-state index in [0.29, 0.717) is 5.75 Å². The van der Waals surface area contributed by atoms with E-state index in [9.17, 15) is 15.0 Å². The fourth-order valence-corrected chi connectivity index (χ4v) is 3.64. The Labute approximate surface area is 151 Å². The molecule has 0 bridgehead atoms. The number of carbonyl (C=O) groups is 1. The molecule has 2 rings (SSSR count). The Kier molecular flexibility index (Phi) is 7.43.